The molecule has 0 bridgehead atoms. The quantitative estimate of drug-likeness (QED) is 0.731. The Bertz CT molecular complexity index is 379. The predicted molar refractivity (Wildman–Crippen MR) is 80.0 cm³/mol. The third kappa shape index (κ3) is 3.85. The fourth-order valence-electron chi connectivity index (χ4n) is 3.60. The van der Waals surface area contributed by atoms with E-state index in [-0.39, 0.29) is 17.7 Å². The van der Waals surface area contributed by atoms with Crippen molar-refractivity contribution in [1.29, 1.82) is 0 Å². The number of hydrogen-bond donors (Lipinski definition) is 0. The Hall–Kier alpha value is 0.200. The molecule has 0 amide bonds. The van der Waals surface area contributed by atoms with E-state index in [9.17, 15) is 8.42 Å². The number of nitrogens with zero attached hydrogens (tertiary/aromatic N) is 1. The summed E-state index contributed by atoms with van der Waals surface area (Å²) in [5.74, 6) is 1.26. The molecule has 0 spiro atoms. The van der Waals surface area contributed by atoms with Gasteiger partial charge in [-0.05, 0) is 37.5 Å². The second kappa shape index (κ2) is 6.77. The molecule has 112 valence electrons. The Morgan fingerprint density at radius 3 is 2.47 bits per heavy atom. The Kier molecular flexibility index (Phi) is 5.55. The van der Waals surface area contributed by atoms with Gasteiger partial charge in [0, 0.05) is 18.5 Å². The van der Waals surface area contributed by atoms with Crippen LogP contribution in [0.1, 0.15) is 51.9 Å². The highest BCUT2D eigenvalue weighted by Crippen LogP contribution is 2.36. The average molecular weight is 308 g/mol. The summed E-state index contributed by atoms with van der Waals surface area (Å²) in [5.41, 5.74) is 0. The van der Waals surface area contributed by atoms with Crippen LogP contribution in [-0.2, 0) is 10.0 Å². The van der Waals surface area contributed by atoms with Crippen LogP contribution in [0.3, 0.4) is 0 Å². The summed E-state index contributed by atoms with van der Waals surface area (Å²) >= 11 is 5.77. The molecular formula is C14H26ClNO2S. The molecule has 0 radical (unpaired) electrons. The third-order valence-corrected chi connectivity index (χ3v) is 7.24. The van der Waals surface area contributed by atoms with Crippen LogP contribution in [0, 0.1) is 11.8 Å². The van der Waals surface area contributed by atoms with Crippen LogP contribution < -0.4 is 0 Å². The van der Waals surface area contributed by atoms with E-state index in [1.165, 1.54) is 32.1 Å². The molecular weight excluding hydrogens is 282 g/mol. The Morgan fingerprint density at radius 1 is 1.16 bits per heavy atom. The van der Waals surface area contributed by atoms with E-state index in [4.69, 9.17) is 11.6 Å². The van der Waals surface area contributed by atoms with Gasteiger partial charge in [-0.1, -0.05) is 26.2 Å². The molecule has 0 aromatic rings. The second-order valence-corrected chi connectivity index (χ2v) is 8.53. The van der Waals surface area contributed by atoms with Crippen molar-refractivity contribution < 1.29 is 8.42 Å². The van der Waals surface area contributed by atoms with Crippen molar-refractivity contribution in [3.63, 3.8) is 0 Å². The first-order valence-electron chi connectivity index (χ1n) is 7.60. The van der Waals surface area contributed by atoms with Crippen molar-refractivity contribution in [2.75, 3.05) is 18.2 Å². The maximum atomic E-state index is 12.5. The number of rotatable bonds is 5. The van der Waals surface area contributed by atoms with Crippen LogP contribution in [0.2, 0.25) is 0 Å². The molecule has 1 saturated carbocycles. The van der Waals surface area contributed by atoms with Gasteiger partial charge in [-0.25, -0.2) is 8.42 Å². The van der Waals surface area contributed by atoms with E-state index < -0.39 is 10.0 Å². The molecule has 2 fully saturated rings. The van der Waals surface area contributed by atoms with Crippen LogP contribution in [-0.4, -0.2) is 36.9 Å². The molecule has 0 aromatic carbocycles. The molecule has 0 aromatic heterocycles. The Labute approximate surface area is 122 Å². The van der Waals surface area contributed by atoms with Crippen LogP contribution in [0.4, 0.5) is 0 Å². The zero-order chi connectivity index (χ0) is 13.9. The lowest BCUT2D eigenvalue weighted by molar-refractivity contribution is 0.226. The molecule has 19 heavy (non-hydrogen) atoms. The minimum Gasteiger partial charge on any atom is -0.212 e. The number of halogens is 1. The van der Waals surface area contributed by atoms with Gasteiger partial charge in [0.05, 0.1) is 5.75 Å². The van der Waals surface area contributed by atoms with Crippen molar-refractivity contribution in [1.82, 2.24) is 4.31 Å². The van der Waals surface area contributed by atoms with Crippen molar-refractivity contribution in [3.05, 3.63) is 0 Å². The van der Waals surface area contributed by atoms with Crippen molar-refractivity contribution in [2.24, 2.45) is 11.8 Å². The van der Waals surface area contributed by atoms with Gasteiger partial charge in [0.2, 0.25) is 10.0 Å². The van der Waals surface area contributed by atoms with Crippen LogP contribution in [0.25, 0.3) is 0 Å². The van der Waals surface area contributed by atoms with Crippen LogP contribution >= 0.6 is 11.6 Å². The van der Waals surface area contributed by atoms with Gasteiger partial charge < -0.3 is 0 Å². The molecule has 1 saturated heterocycles. The summed E-state index contributed by atoms with van der Waals surface area (Å²) in [6.45, 7) is 2.63. The van der Waals surface area contributed by atoms with E-state index in [2.05, 4.69) is 0 Å². The van der Waals surface area contributed by atoms with Crippen molar-refractivity contribution in [3.8, 4) is 0 Å². The number of sulfonamides is 1. The van der Waals surface area contributed by atoms with Gasteiger partial charge in [-0.15, -0.1) is 11.6 Å². The summed E-state index contributed by atoms with van der Waals surface area (Å²) in [6.07, 6.45) is 8.36. The first-order chi connectivity index (χ1) is 9.04. The maximum Gasteiger partial charge on any atom is 0.214 e. The monoisotopic (exact) mass is 307 g/mol. The smallest absolute Gasteiger partial charge is 0.212 e. The maximum absolute atomic E-state index is 12.5. The Balaban J connectivity index is 2.04. The highest BCUT2D eigenvalue weighted by atomic mass is 35.5. The van der Waals surface area contributed by atoms with E-state index in [1.807, 2.05) is 11.2 Å². The normalized spacial score (nSPS) is 28.6. The molecule has 1 aliphatic heterocycles. The molecule has 1 heterocycles. The zero-order valence-electron chi connectivity index (χ0n) is 11.9. The second-order valence-electron chi connectivity index (χ2n) is 6.26. The summed E-state index contributed by atoms with van der Waals surface area (Å²) in [6, 6.07) is 0.271. The average Bonchev–Trinajstić information content (AvgIpc) is 2.89. The molecule has 2 rings (SSSR count). The first-order valence-corrected chi connectivity index (χ1v) is 9.74. The van der Waals surface area contributed by atoms with E-state index in [0.29, 0.717) is 11.8 Å². The lowest BCUT2D eigenvalue weighted by atomic mass is 9.83. The molecule has 0 N–H and O–H groups in total. The predicted octanol–water partition coefficient (Wildman–Crippen LogP) is 3.24. The molecule has 5 heteroatoms. The van der Waals surface area contributed by atoms with Gasteiger partial charge in [-0.3, -0.25) is 0 Å². The molecule has 3 nitrogen and oxygen atoms in total. The summed E-state index contributed by atoms with van der Waals surface area (Å²) in [5, 5.41) is 0. The molecule has 1 aliphatic carbocycles. The van der Waals surface area contributed by atoms with Gasteiger partial charge in [-0.2, -0.15) is 4.31 Å². The van der Waals surface area contributed by atoms with Crippen molar-refractivity contribution >= 4 is 21.6 Å². The minimum atomic E-state index is -3.12. The Morgan fingerprint density at radius 2 is 1.84 bits per heavy atom. The van der Waals surface area contributed by atoms with E-state index in [0.717, 1.165) is 19.4 Å². The van der Waals surface area contributed by atoms with Gasteiger partial charge in [0.1, 0.15) is 0 Å². The van der Waals surface area contributed by atoms with Crippen LogP contribution in [0.5, 0.6) is 0 Å². The summed E-state index contributed by atoms with van der Waals surface area (Å²) in [4.78, 5) is 0. The third-order valence-electron chi connectivity index (χ3n) is 4.56. The number of alkyl halides is 1. The van der Waals surface area contributed by atoms with Gasteiger partial charge >= 0.3 is 0 Å². The number of hydrogen-bond acceptors (Lipinski definition) is 2. The van der Waals surface area contributed by atoms with Crippen LogP contribution in [0.15, 0.2) is 0 Å². The largest absolute Gasteiger partial charge is 0.214 e. The lowest BCUT2D eigenvalue weighted by Crippen LogP contribution is -2.42. The first kappa shape index (κ1) is 15.6. The standard InChI is InChI=1S/C14H26ClNO2S/c1-12(10-15)11-19(17,18)16-9-5-8-14(16)13-6-3-2-4-7-13/h12-14H,2-11H2,1H3. The fraction of sp³-hybridized carbons (Fsp3) is 1.00. The zero-order valence-corrected chi connectivity index (χ0v) is 13.4. The van der Waals surface area contributed by atoms with E-state index >= 15 is 0 Å². The minimum absolute atomic E-state index is 0.0410. The van der Waals surface area contributed by atoms with Crippen molar-refractivity contribution in [2.45, 2.75) is 57.9 Å². The topological polar surface area (TPSA) is 37.4 Å². The SMILES string of the molecule is CC(CCl)CS(=O)(=O)N1CCCC1C1CCCCC1. The van der Waals surface area contributed by atoms with Gasteiger partial charge in [0.25, 0.3) is 0 Å². The molecule has 2 atom stereocenters. The van der Waals surface area contributed by atoms with E-state index in [1.54, 1.807) is 0 Å². The summed E-state index contributed by atoms with van der Waals surface area (Å²) < 4.78 is 26.9. The molecule has 2 unspecified atom stereocenters. The molecule has 2 aliphatic rings. The lowest BCUT2D eigenvalue weighted by Gasteiger charge is -2.33. The highest BCUT2D eigenvalue weighted by Gasteiger charge is 2.39. The van der Waals surface area contributed by atoms with Gasteiger partial charge in [0.15, 0.2) is 0 Å². The fourth-order valence-corrected chi connectivity index (χ4v) is 5.97. The highest BCUT2D eigenvalue weighted by molar-refractivity contribution is 7.89. The summed E-state index contributed by atoms with van der Waals surface area (Å²) in [7, 11) is -3.12.